The summed E-state index contributed by atoms with van der Waals surface area (Å²) in [7, 11) is 0. The molecule has 2 heterocycles. The predicted molar refractivity (Wildman–Crippen MR) is 78.2 cm³/mol. The van der Waals surface area contributed by atoms with E-state index in [9.17, 15) is 0 Å². The summed E-state index contributed by atoms with van der Waals surface area (Å²) < 4.78 is 1.57. The average molecular weight is 305 g/mol. The fourth-order valence-electron chi connectivity index (χ4n) is 2.22. The molecular weight excluding hydrogens is 295 g/mol. The Morgan fingerprint density at radius 1 is 1.05 bits per heavy atom. The van der Waals surface area contributed by atoms with Crippen LogP contribution in [-0.4, -0.2) is 19.6 Å². The summed E-state index contributed by atoms with van der Waals surface area (Å²) in [6, 6.07) is 9.70. The van der Waals surface area contributed by atoms with Crippen molar-refractivity contribution in [2.24, 2.45) is 0 Å². The van der Waals surface area contributed by atoms with Crippen LogP contribution in [0.15, 0.2) is 30.3 Å². The molecule has 0 radical (unpaired) electrons. The molecule has 0 amide bonds. The van der Waals surface area contributed by atoms with Gasteiger partial charge in [0.15, 0.2) is 5.82 Å². The van der Waals surface area contributed by atoms with Gasteiger partial charge in [-0.3, -0.25) is 0 Å². The molecule has 0 spiro atoms. The first kappa shape index (κ1) is 12.1. The number of benzene rings is 1. The molecule has 1 fully saturated rings. The van der Waals surface area contributed by atoms with Gasteiger partial charge in [-0.25, -0.2) is 0 Å². The van der Waals surface area contributed by atoms with Crippen molar-refractivity contribution in [1.82, 2.24) is 19.6 Å². The van der Waals surface area contributed by atoms with Crippen LogP contribution < -0.4 is 0 Å². The first-order valence-corrected chi connectivity index (χ1v) is 7.16. The van der Waals surface area contributed by atoms with Crippen LogP contribution in [0.3, 0.4) is 0 Å². The summed E-state index contributed by atoms with van der Waals surface area (Å²) in [5, 5.41) is 5.25. The van der Waals surface area contributed by atoms with Gasteiger partial charge in [0.25, 0.3) is 5.78 Å². The molecule has 4 nitrogen and oxygen atoms in total. The maximum absolute atomic E-state index is 6.46. The lowest BCUT2D eigenvalue weighted by Crippen LogP contribution is -1.97. The van der Waals surface area contributed by atoms with Crippen LogP contribution in [0.25, 0.3) is 16.9 Å². The average Bonchev–Trinajstić information content (AvgIpc) is 3.21. The van der Waals surface area contributed by atoms with Crippen LogP contribution >= 0.6 is 23.2 Å². The Labute approximate surface area is 125 Å². The monoisotopic (exact) mass is 304 g/mol. The third-order valence-corrected chi connectivity index (χ3v) is 4.03. The highest BCUT2D eigenvalue weighted by atomic mass is 35.5. The Balaban J connectivity index is 1.97. The van der Waals surface area contributed by atoms with E-state index in [1.165, 1.54) is 0 Å². The second-order valence-corrected chi connectivity index (χ2v) is 5.61. The summed E-state index contributed by atoms with van der Waals surface area (Å²) >= 11 is 12.7. The van der Waals surface area contributed by atoms with Crippen LogP contribution in [0, 0.1) is 0 Å². The number of rotatable bonds is 2. The van der Waals surface area contributed by atoms with Crippen molar-refractivity contribution in [2.45, 2.75) is 18.8 Å². The van der Waals surface area contributed by atoms with Crippen molar-refractivity contribution in [2.75, 3.05) is 0 Å². The number of fused-ring (bicyclic) bond motifs is 1. The maximum Gasteiger partial charge on any atom is 0.255 e. The molecule has 0 bridgehead atoms. The zero-order chi connectivity index (χ0) is 13.7. The van der Waals surface area contributed by atoms with E-state index in [1.807, 2.05) is 30.3 Å². The largest absolute Gasteiger partial charge is 0.255 e. The molecule has 0 N–H and O–H groups in total. The molecular formula is C14H10Cl2N4. The molecule has 1 aromatic carbocycles. The topological polar surface area (TPSA) is 43.1 Å². The lowest BCUT2D eigenvalue weighted by molar-refractivity contribution is 0.874. The summed E-state index contributed by atoms with van der Waals surface area (Å²) in [6.07, 6.45) is 2.27. The number of hydrogen-bond acceptors (Lipinski definition) is 3. The molecule has 4 rings (SSSR count). The van der Waals surface area contributed by atoms with Gasteiger partial charge in [0.2, 0.25) is 0 Å². The van der Waals surface area contributed by atoms with Crippen LogP contribution in [0.5, 0.6) is 0 Å². The lowest BCUT2D eigenvalue weighted by atomic mass is 10.1. The van der Waals surface area contributed by atoms with Crippen molar-refractivity contribution in [1.29, 1.82) is 0 Å². The summed E-state index contributed by atoms with van der Waals surface area (Å²) in [6.45, 7) is 0. The van der Waals surface area contributed by atoms with Gasteiger partial charge < -0.3 is 0 Å². The first-order chi connectivity index (χ1) is 9.74. The second kappa shape index (κ2) is 4.43. The van der Waals surface area contributed by atoms with Gasteiger partial charge in [-0.15, -0.1) is 5.10 Å². The van der Waals surface area contributed by atoms with E-state index in [0.717, 1.165) is 24.2 Å². The molecule has 0 unspecified atom stereocenters. The zero-order valence-corrected chi connectivity index (χ0v) is 11.9. The van der Waals surface area contributed by atoms with E-state index >= 15 is 0 Å². The van der Waals surface area contributed by atoms with Crippen molar-refractivity contribution >= 4 is 29.0 Å². The summed E-state index contributed by atoms with van der Waals surface area (Å²) in [5.74, 6) is 1.72. The first-order valence-electron chi connectivity index (χ1n) is 6.41. The third kappa shape index (κ3) is 1.87. The van der Waals surface area contributed by atoms with Crippen LogP contribution in [0.1, 0.15) is 24.6 Å². The molecule has 6 heteroatoms. The third-order valence-electron chi connectivity index (χ3n) is 3.41. The minimum atomic E-state index is 0.350. The quantitative estimate of drug-likeness (QED) is 0.673. The van der Waals surface area contributed by atoms with E-state index in [1.54, 1.807) is 4.52 Å². The minimum Gasteiger partial charge on any atom is -0.198 e. The van der Waals surface area contributed by atoms with Crippen molar-refractivity contribution < 1.29 is 0 Å². The van der Waals surface area contributed by atoms with Crippen molar-refractivity contribution in [3.63, 3.8) is 0 Å². The molecule has 0 saturated heterocycles. The van der Waals surface area contributed by atoms with E-state index in [4.69, 9.17) is 23.2 Å². The van der Waals surface area contributed by atoms with E-state index in [2.05, 4.69) is 15.1 Å². The van der Waals surface area contributed by atoms with Crippen LogP contribution in [0.4, 0.5) is 0 Å². The molecule has 1 aliphatic carbocycles. The SMILES string of the molecule is Clc1nc2nc(C3CC3)nn2c(Cl)c1-c1ccccc1. The van der Waals surface area contributed by atoms with Crippen molar-refractivity contribution in [3.8, 4) is 11.1 Å². The number of aromatic nitrogens is 4. The summed E-state index contributed by atoms with van der Waals surface area (Å²) in [5.41, 5.74) is 1.61. The Hall–Kier alpha value is -1.65. The van der Waals surface area contributed by atoms with Gasteiger partial charge in [0.05, 0.1) is 5.56 Å². The van der Waals surface area contributed by atoms with Gasteiger partial charge in [-0.05, 0) is 18.4 Å². The number of nitrogens with zero attached hydrogens (tertiary/aromatic N) is 4. The predicted octanol–water partition coefficient (Wildman–Crippen LogP) is 3.98. The van der Waals surface area contributed by atoms with Gasteiger partial charge in [0, 0.05) is 5.92 Å². The highest BCUT2D eigenvalue weighted by molar-refractivity contribution is 6.38. The molecule has 1 aliphatic rings. The highest BCUT2D eigenvalue weighted by Crippen LogP contribution is 2.39. The fourth-order valence-corrected chi connectivity index (χ4v) is 2.85. The Kier molecular flexibility index (Phi) is 2.69. The number of hydrogen-bond donors (Lipinski definition) is 0. The molecule has 20 heavy (non-hydrogen) atoms. The van der Waals surface area contributed by atoms with Gasteiger partial charge in [0.1, 0.15) is 10.3 Å². The smallest absolute Gasteiger partial charge is 0.198 e. The fraction of sp³-hybridized carbons (Fsp3) is 0.214. The Morgan fingerprint density at radius 3 is 2.50 bits per heavy atom. The molecule has 1 saturated carbocycles. The van der Waals surface area contributed by atoms with Gasteiger partial charge in [-0.2, -0.15) is 14.5 Å². The van der Waals surface area contributed by atoms with Crippen molar-refractivity contribution in [3.05, 3.63) is 46.5 Å². The molecule has 100 valence electrons. The maximum atomic E-state index is 6.46. The minimum absolute atomic E-state index is 0.350. The normalized spacial score (nSPS) is 14.9. The zero-order valence-electron chi connectivity index (χ0n) is 10.4. The Morgan fingerprint density at radius 2 is 1.80 bits per heavy atom. The molecule has 0 atom stereocenters. The van der Waals surface area contributed by atoms with E-state index in [-0.39, 0.29) is 0 Å². The standard InChI is InChI=1S/C14H10Cl2N4/c15-11-10(8-4-2-1-3-5-8)12(16)20-14(17-11)18-13(19-20)9-6-7-9/h1-5,9H,6-7H2. The van der Waals surface area contributed by atoms with Gasteiger partial charge >= 0.3 is 0 Å². The van der Waals surface area contributed by atoms with E-state index in [0.29, 0.717) is 27.6 Å². The van der Waals surface area contributed by atoms with Crippen LogP contribution in [0.2, 0.25) is 10.3 Å². The van der Waals surface area contributed by atoms with Crippen LogP contribution in [-0.2, 0) is 0 Å². The Bertz CT molecular complexity index is 794. The lowest BCUT2D eigenvalue weighted by Gasteiger charge is -2.07. The van der Waals surface area contributed by atoms with E-state index < -0.39 is 0 Å². The highest BCUT2D eigenvalue weighted by Gasteiger charge is 2.29. The van der Waals surface area contributed by atoms with Gasteiger partial charge in [-0.1, -0.05) is 53.5 Å². The molecule has 0 aliphatic heterocycles. The number of halogens is 2. The molecule has 3 aromatic rings. The molecule has 2 aromatic heterocycles. The summed E-state index contributed by atoms with van der Waals surface area (Å²) in [4.78, 5) is 8.72. The second-order valence-electron chi connectivity index (χ2n) is 4.89.